The van der Waals surface area contributed by atoms with Crippen molar-refractivity contribution in [3.8, 4) is 16.9 Å². The third-order valence-corrected chi connectivity index (χ3v) is 6.80. The van der Waals surface area contributed by atoms with Gasteiger partial charge in [-0.2, -0.15) is 0 Å². The first kappa shape index (κ1) is 27.6. The number of aliphatic hydroxyl groups is 2. The van der Waals surface area contributed by atoms with Crippen molar-refractivity contribution in [3.05, 3.63) is 88.7 Å². The molecule has 1 saturated heterocycles. The van der Waals surface area contributed by atoms with Crippen LogP contribution in [0.15, 0.2) is 66.7 Å². The van der Waals surface area contributed by atoms with Gasteiger partial charge in [0.15, 0.2) is 12.2 Å². The van der Waals surface area contributed by atoms with Crippen molar-refractivity contribution >= 4 is 23.4 Å². The zero-order valence-electron chi connectivity index (χ0n) is 20.9. The molecule has 1 heterocycles. The van der Waals surface area contributed by atoms with Gasteiger partial charge in [0.1, 0.15) is 11.6 Å². The van der Waals surface area contributed by atoms with E-state index in [1.165, 1.54) is 17.0 Å². The number of nitrogens with one attached hydrogen (secondary N) is 1. The molecule has 200 valence electrons. The first-order valence-electron chi connectivity index (χ1n) is 12.5. The van der Waals surface area contributed by atoms with Crippen molar-refractivity contribution < 1.29 is 28.9 Å². The van der Waals surface area contributed by atoms with Gasteiger partial charge in [-0.05, 0) is 60.7 Å². The summed E-state index contributed by atoms with van der Waals surface area (Å²) >= 11 is 6.09. The molecule has 0 unspecified atom stereocenters. The van der Waals surface area contributed by atoms with Crippen LogP contribution in [-0.2, 0) is 16.1 Å². The zero-order chi connectivity index (χ0) is 27.2. The standard InChI is InChI=1S/C29H30ClFN2O5/c1-2-38-25-16-22(31)12-13-23(25)19-10-8-18(9-11-19)17-32-28(36)26(34)27(35)29(37)33-14-4-7-24(33)20-5-3-6-21(30)15-20/h3,5-6,8-13,15-16,24,26-27,34-35H,2,4,7,14,17H2,1H3,(H,32,36)/t24-,26-,27-/m1/s1. The zero-order valence-corrected chi connectivity index (χ0v) is 21.7. The summed E-state index contributed by atoms with van der Waals surface area (Å²) in [6, 6.07) is 18.4. The Kier molecular flexibility index (Phi) is 8.99. The summed E-state index contributed by atoms with van der Waals surface area (Å²) in [5, 5.41) is 24.0. The van der Waals surface area contributed by atoms with Gasteiger partial charge in [-0.3, -0.25) is 9.59 Å². The lowest BCUT2D eigenvalue weighted by atomic mass is 10.0. The summed E-state index contributed by atoms with van der Waals surface area (Å²) in [6.07, 6.45) is -2.39. The lowest BCUT2D eigenvalue weighted by Crippen LogP contribution is -2.50. The fourth-order valence-electron chi connectivity index (χ4n) is 4.64. The van der Waals surface area contributed by atoms with Crippen LogP contribution >= 0.6 is 11.6 Å². The molecule has 1 aliphatic rings. The molecule has 3 N–H and O–H groups in total. The van der Waals surface area contributed by atoms with Crippen molar-refractivity contribution in [1.82, 2.24) is 10.2 Å². The smallest absolute Gasteiger partial charge is 0.255 e. The van der Waals surface area contributed by atoms with Crippen LogP contribution in [-0.4, -0.2) is 52.3 Å². The number of hydrogen-bond donors (Lipinski definition) is 3. The fourth-order valence-corrected chi connectivity index (χ4v) is 4.84. The van der Waals surface area contributed by atoms with Crippen LogP contribution in [0.3, 0.4) is 0 Å². The maximum atomic E-state index is 13.6. The minimum atomic E-state index is -1.92. The van der Waals surface area contributed by atoms with E-state index >= 15 is 0 Å². The number of ether oxygens (including phenoxy) is 1. The number of amides is 2. The monoisotopic (exact) mass is 540 g/mol. The number of carbonyl (C=O) groups is 2. The first-order valence-corrected chi connectivity index (χ1v) is 12.9. The minimum Gasteiger partial charge on any atom is -0.493 e. The van der Waals surface area contributed by atoms with Crippen LogP contribution in [0.25, 0.3) is 11.1 Å². The predicted molar refractivity (Wildman–Crippen MR) is 142 cm³/mol. The summed E-state index contributed by atoms with van der Waals surface area (Å²) in [5.41, 5.74) is 3.12. The van der Waals surface area contributed by atoms with Crippen LogP contribution in [0.1, 0.15) is 36.9 Å². The molecule has 38 heavy (non-hydrogen) atoms. The van der Waals surface area contributed by atoms with Gasteiger partial charge in [0.2, 0.25) is 0 Å². The molecule has 3 aromatic carbocycles. The normalized spacial score (nSPS) is 16.7. The molecule has 3 atom stereocenters. The largest absolute Gasteiger partial charge is 0.493 e. The molecule has 7 nitrogen and oxygen atoms in total. The highest BCUT2D eigenvalue weighted by Gasteiger charge is 2.38. The Bertz CT molecular complexity index is 1290. The minimum absolute atomic E-state index is 0.0771. The molecule has 0 aliphatic carbocycles. The highest BCUT2D eigenvalue weighted by molar-refractivity contribution is 6.30. The van der Waals surface area contributed by atoms with E-state index < -0.39 is 24.0 Å². The van der Waals surface area contributed by atoms with Gasteiger partial charge in [-0.25, -0.2) is 4.39 Å². The first-order chi connectivity index (χ1) is 18.3. The SMILES string of the molecule is CCOc1cc(F)ccc1-c1ccc(CNC(=O)[C@H](O)[C@@H](O)C(=O)N2CCC[C@@H]2c2cccc(Cl)c2)cc1. The van der Waals surface area contributed by atoms with Crippen LogP contribution in [0.2, 0.25) is 5.02 Å². The van der Waals surface area contributed by atoms with Crippen LogP contribution in [0, 0.1) is 5.82 Å². The van der Waals surface area contributed by atoms with Gasteiger partial charge in [0.05, 0.1) is 12.6 Å². The summed E-state index contributed by atoms with van der Waals surface area (Å²) in [5.74, 6) is -1.51. The predicted octanol–water partition coefficient (Wildman–Crippen LogP) is 4.25. The number of rotatable bonds is 9. The topological polar surface area (TPSA) is 99.1 Å². The number of nitrogens with zero attached hydrogens (tertiary/aromatic N) is 1. The molecule has 1 fully saturated rings. The Morgan fingerprint density at radius 1 is 1.11 bits per heavy atom. The molecule has 4 rings (SSSR count). The lowest BCUT2D eigenvalue weighted by molar-refractivity contribution is -0.153. The second kappa shape index (κ2) is 12.4. The second-order valence-electron chi connectivity index (χ2n) is 9.12. The van der Waals surface area contributed by atoms with Crippen molar-refractivity contribution in [2.75, 3.05) is 13.2 Å². The van der Waals surface area contributed by atoms with E-state index in [0.717, 1.165) is 28.7 Å². The van der Waals surface area contributed by atoms with Gasteiger partial charge >= 0.3 is 0 Å². The van der Waals surface area contributed by atoms with Gasteiger partial charge in [-0.15, -0.1) is 0 Å². The summed E-state index contributed by atoms with van der Waals surface area (Å²) in [7, 11) is 0. The average molecular weight is 541 g/mol. The number of halogens is 2. The summed E-state index contributed by atoms with van der Waals surface area (Å²) in [4.78, 5) is 27.0. The highest BCUT2D eigenvalue weighted by atomic mass is 35.5. The van der Waals surface area contributed by atoms with Gasteiger partial charge in [0, 0.05) is 29.7 Å². The number of hydrogen-bond acceptors (Lipinski definition) is 5. The Hall–Kier alpha value is -3.46. The van der Waals surface area contributed by atoms with E-state index in [1.54, 1.807) is 36.4 Å². The van der Waals surface area contributed by atoms with E-state index in [0.29, 0.717) is 30.3 Å². The Labute approximate surface area is 225 Å². The van der Waals surface area contributed by atoms with Crippen molar-refractivity contribution in [1.29, 1.82) is 0 Å². The van der Waals surface area contributed by atoms with Crippen LogP contribution in [0.4, 0.5) is 4.39 Å². The fraction of sp³-hybridized carbons (Fsp3) is 0.310. The molecule has 0 aromatic heterocycles. The van der Waals surface area contributed by atoms with Gasteiger partial charge in [0.25, 0.3) is 11.8 Å². The quantitative estimate of drug-likeness (QED) is 0.377. The van der Waals surface area contributed by atoms with E-state index in [-0.39, 0.29) is 18.4 Å². The number of carbonyl (C=O) groups excluding carboxylic acids is 2. The molecular formula is C29H30ClFN2O5. The van der Waals surface area contributed by atoms with Gasteiger partial charge in [-0.1, -0.05) is 48.0 Å². The summed E-state index contributed by atoms with van der Waals surface area (Å²) in [6.45, 7) is 2.71. The van der Waals surface area contributed by atoms with E-state index in [2.05, 4.69) is 5.32 Å². The molecule has 0 radical (unpaired) electrons. The Morgan fingerprint density at radius 2 is 1.87 bits per heavy atom. The maximum Gasteiger partial charge on any atom is 0.255 e. The van der Waals surface area contributed by atoms with Crippen molar-refractivity contribution in [2.24, 2.45) is 0 Å². The molecule has 0 spiro atoms. The average Bonchev–Trinajstić information content (AvgIpc) is 3.41. The molecule has 1 aliphatic heterocycles. The number of benzene rings is 3. The second-order valence-corrected chi connectivity index (χ2v) is 9.56. The molecule has 9 heteroatoms. The molecular weight excluding hydrogens is 511 g/mol. The third-order valence-electron chi connectivity index (χ3n) is 6.57. The van der Waals surface area contributed by atoms with E-state index in [9.17, 15) is 24.2 Å². The van der Waals surface area contributed by atoms with E-state index in [1.807, 2.05) is 25.1 Å². The molecule has 0 saturated carbocycles. The molecule has 2 amide bonds. The van der Waals surface area contributed by atoms with Crippen LogP contribution in [0.5, 0.6) is 5.75 Å². The van der Waals surface area contributed by atoms with Crippen molar-refractivity contribution in [3.63, 3.8) is 0 Å². The third kappa shape index (κ3) is 6.32. The van der Waals surface area contributed by atoms with E-state index in [4.69, 9.17) is 16.3 Å². The number of aliphatic hydroxyl groups excluding tert-OH is 2. The Morgan fingerprint density at radius 3 is 2.58 bits per heavy atom. The Balaban J connectivity index is 1.36. The molecule has 0 bridgehead atoms. The van der Waals surface area contributed by atoms with Crippen LogP contribution < -0.4 is 10.1 Å². The number of likely N-dealkylation sites (tertiary alicyclic amines) is 1. The maximum absolute atomic E-state index is 13.6. The van der Waals surface area contributed by atoms with Gasteiger partial charge < -0.3 is 25.2 Å². The highest BCUT2D eigenvalue weighted by Crippen LogP contribution is 2.34. The lowest BCUT2D eigenvalue weighted by Gasteiger charge is -2.28. The van der Waals surface area contributed by atoms with Crippen molar-refractivity contribution in [2.45, 2.75) is 44.6 Å². The molecule has 3 aromatic rings. The summed E-state index contributed by atoms with van der Waals surface area (Å²) < 4.78 is 19.1.